The minimum atomic E-state index is -1.02. The summed E-state index contributed by atoms with van der Waals surface area (Å²) in [4.78, 5) is 39.6. The van der Waals surface area contributed by atoms with E-state index < -0.39 is 24.3 Å². The van der Waals surface area contributed by atoms with Gasteiger partial charge in [-0.05, 0) is 48.8 Å². The summed E-state index contributed by atoms with van der Waals surface area (Å²) in [6.45, 7) is 3.28. The second-order valence-electron chi connectivity index (χ2n) is 11.2. The molecular formula is C27H39N5O7. The fourth-order valence-electron chi connectivity index (χ4n) is 6.50. The van der Waals surface area contributed by atoms with Gasteiger partial charge in [0.2, 0.25) is 11.8 Å². The molecule has 5 unspecified atom stereocenters. The summed E-state index contributed by atoms with van der Waals surface area (Å²) < 4.78 is 11.4. The number of nitrogens with zero attached hydrogens (tertiary/aromatic N) is 1. The number of carbonyl (C=O) groups is 3. The summed E-state index contributed by atoms with van der Waals surface area (Å²) >= 11 is 0. The molecule has 2 saturated heterocycles. The number of nitrogens with one attached hydrogen (secondary N) is 3. The first-order valence-electron chi connectivity index (χ1n) is 13.9. The van der Waals surface area contributed by atoms with Crippen molar-refractivity contribution in [2.24, 2.45) is 11.8 Å². The van der Waals surface area contributed by atoms with E-state index in [9.17, 15) is 24.6 Å². The van der Waals surface area contributed by atoms with E-state index in [1.54, 1.807) is 12.1 Å². The lowest BCUT2D eigenvalue weighted by Gasteiger charge is -2.34. The topological polar surface area (TPSA) is 175 Å². The van der Waals surface area contributed by atoms with Crippen LogP contribution >= 0.6 is 0 Å². The van der Waals surface area contributed by atoms with Gasteiger partial charge in [-0.2, -0.15) is 0 Å². The highest BCUT2D eigenvalue weighted by molar-refractivity contribution is 6.05. The zero-order chi connectivity index (χ0) is 27.7. The summed E-state index contributed by atoms with van der Waals surface area (Å²) in [6, 6.07) is 1.96. The summed E-state index contributed by atoms with van der Waals surface area (Å²) in [5.74, 6) is 0.0234. The number of fused-ring (bicyclic) bond motifs is 2. The number of carbonyl (C=O) groups excluding carboxylic acids is 3. The number of anilines is 2. The van der Waals surface area contributed by atoms with Crippen LogP contribution < -0.4 is 21.7 Å². The monoisotopic (exact) mass is 545 g/mol. The molecule has 3 aliphatic heterocycles. The second-order valence-corrected chi connectivity index (χ2v) is 11.2. The lowest BCUT2D eigenvalue weighted by molar-refractivity contribution is -0.121. The van der Waals surface area contributed by atoms with Crippen LogP contribution in [0.15, 0.2) is 12.1 Å². The Morgan fingerprint density at radius 2 is 2.15 bits per heavy atom. The fraction of sp³-hybridized carbons (Fsp3) is 0.667. The summed E-state index contributed by atoms with van der Waals surface area (Å²) in [5, 5.41) is 29.5. The number of nitrogen functional groups attached to an aromatic ring is 1. The highest BCUT2D eigenvalue weighted by Gasteiger charge is 2.42. The smallest absolute Gasteiger partial charge is 0.407 e. The molecule has 12 nitrogen and oxygen atoms in total. The molecule has 0 spiro atoms. The molecule has 39 heavy (non-hydrogen) atoms. The summed E-state index contributed by atoms with van der Waals surface area (Å²) in [6.07, 6.45) is 1.59. The Bertz CT molecular complexity index is 1090. The Kier molecular flexibility index (Phi) is 8.27. The van der Waals surface area contributed by atoms with Crippen LogP contribution in [-0.2, 0) is 25.7 Å². The van der Waals surface area contributed by atoms with Crippen LogP contribution in [0.5, 0.6) is 0 Å². The molecule has 5 rings (SSSR count). The number of nitrogens with two attached hydrogens (primary N) is 1. The highest BCUT2D eigenvalue weighted by Crippen LogP contribution is 2.41. The van der Waals surface area contributed by atoms with Gasteiger partial charge in [0.05, 0.1) is 36.2 Å². The van der Waals surface area contributed by atoms with Gasteiger partial charge in [-0.25, -0.2) is 4.79 Å². The van der Waals surface area contributed by atoms with Crippen molar-refractivity contribution in [1.29, 1.82) is 0 Å². The van der Waals surface area contributed by atoms with Crippen molar-refractivity contribution in [1.82, 2.24) is 15.5 Å². The number of benzene rings is 1. The molecule has 1 saturated carbocycles. The maximum Gasteiger partial charge on any atom is 0.407 e. The van der Waals surface area contributed by atoms with Crippen LogP contribution in [0.3, 0.4) is 0 Å². The molecule has 7 N–H and O–H groups in total. The first-order chi connectivity index (χ1) is 18.7. The molecule has 0 radical (unpaired) electrons. The first kappa shape index (κ1) is 27.6. The molecule has 3 heterocycles. The molecule has 1 aliphatic carbocycles. The molecular weight excluding hydrogens is 506 g/mol. The van der Waals surface area contributed by atoms with E-state index in [1.807, 2.05) is 11.8 Å². The molecule has 3 fully saturated rings. The molecule has 214 valence electrons. The number of aliphatic hydroxyl groups is 2. The van der Waals surface area contributed by atoms with Gasteiger partial charge in [0.25, 0.3) is 0 Å². The van der Waals surface area contributed by atoms with E-state index in [2.05, 4.69) is 16.0 Å². The quantitative estimate of drug-likeness (QED) is 0.230. The lowest BCUT2D eigenvalue weighted by atomic mass is 9.98. The van der Waals surface area contributed by atoms with Gasteiger partial charge in [0.1, 0.15) is 12.1 Å². The van der Waals surface area contributed by atoms with E-state index >= 15 is 0 Å². The van der Waals surface area contributed by atoms with Crippen molar-refractivity contribution >= 4 is 29.3 Å². The average Bonchev–Trinajstić information content (AvgIpc) is 3.66. The maximum absolute atomic E-state index is 13.2. The number of hydrogen-bond acceptors (Lipinski definition) is 9. The van der Waals surface area contributed by atoms with Crippen LogP contribution in [0.1, 0.15) is 56.2 Å². The third-order valence-electron chi connectivity index (χ3n) is 8.46. The van der Waals surface area contributed by atoms with Crippen LogP contribution in [0.25, 0.3) is 0 Å². The van der Waals surface area contributed by atoms with Crippen molar-refractivity contribution in [3.63, 3.8) is 0 Å². The van der Waals surface area contributed by atoms with Crippen molar-refractivity contribution in [3.8, 4) is 0 Å². The van der Waals surface area contributed by atoms with Gasteiger partial charge < -0.3 is 41.4 Å². The zero-order valence-corrected chi connectivity index (χ0v) is 22.2. The van der Waals surface area contributed by atoms with Gasteiger partial charge in [0, 0.05) is 44.6 Å². The number of amides is 3. The second kappa shape index (κ2) is 11.7. The molecule has 4 aliphatic rings. The highest BCUT2D eigenvalue weighted by atomic mass is 16.6. The molecule has 1 aromatic rings. The molecule has 0 bridgehead atoms. The molecule has 1 aromatic carbocycles. The predicted molar refractivity (Wildman–Crippen MR) is 141 cm³/mol. The summed E-state index contributed by atoms with van der Waals surface area (Å²) in [7, 11) is 0. The van der Waals surface area contributed by atoms with E-state index in [0.717, 1.165) is 19.4 Å². The van der Waals surface area contributed by atoms with E-state index in [0.29, 0.717) is 60.8 Å². The number of ether oxygens (including phenoxy) is 2. The van der Waals surface area contributed by atoms with Crippen molar-refractivity contribution in [2.75, 3.05) is 37.3 Å². The zero-order valence-electron chi connectivity index (χ0n) is 22.2. The van der Waals surface area contributed by atoms with Crippen LogP contribution in [-0.4, -0.2) is 83.6 Å². The minimum Gasteiger partial charge on any atom is -0.446 e. The lowest BCUT2D eigenvalue weighted by Crippen LogP contribution is -2.50. The van der Waals surface area contributed by atoms with Crippen molar-refractivity contribution in [2.45, 2.75) is 76.0 Å². The summed E-state index contributed by atoms with van der Waals surface area (Å²) in [5.41, 5.74) is 8.18. The van der Waals surface area contributed by atoms with Gasteiger partial charge in [-0.1, -0.05) is 6.92 Å². The van der Waals surface area contributed by atoms with Crippen molar-refractivity contribution in [3.05, 3.63) is 23.3 Å². The van der Waals surface area contributed by atoms with E-state index in [1.165, 1.54) is 0 Å². The van der Waals surface area contributed by atoms with Crippen LogP contribution in [0.4, 0.5) is 16.2 Å². The Hall–Kier alpha value is -2.93. The first-order valence-corrected chi connectivity index (χ1v) is 13.9. The number of alkyl carbamates (subject to hydrolysis) is 1. The number of aliphatic hydroxyl groups excluding tert-OH is 2. The standard InChI is InChI=1S/C27H39N5O7/c1-2-20(30-27(37)39-17-8-16-3-4-38-22(16)9-17)21(34)12-32(11-15-7-23(35)29-10-15)25-18-5-14(13-33)6-19(28)24(18)31-26(25)36/h5-6,15-17,20-22,25,33-34H,2-4,7-13,28H2,1H3,(H,29,35)(H,30,37)(H,31,36)/t15?,16?,17?,20?,21-,22-,25?/m1/s1. The van der Waals surface area contributed by atoms with Gasteiger partial charge in [0.15, 0.2) is 0 Å². The third kappa shape index (κ3) is 5.98. The SMILES string of the molecule is CCC(NC(=O)OC1CC2CCO[C@@H]2C1)[C@H](O)CN(CC1CNC(=O)C1)C1C(=O)Nc2c(N)cc(CO)cc21. The third-order valence-corrected chi connectivity index (χ3v) is 8.46. The predicted octanol–water partition coefficient (Wildman–Crippen LogP) is 0.626. The number of rotatable bonds is 10. The van der Waals surface area contributed by atoms with Crippen molar-refractivity contribution < 1.29 is 34.1 Å². The number of hydrogen-bond donors (Lipinski definition) is 6. The Morgan fingerprint density at radius 1 is 1.33 bits per heavy atom. The van der Waals surface area contributed by atoms with E-state index in [-0.39, 0.29) is 43.1 Å². The average molecular weight is 546 g/mol. The molecule has 7 atom stereocenters. The molecule has 12 heteroatoms. The van der Waals surface area contributed by atoms with Gasteiger partial charge >= 0.3 is 6.09 Å². The molecule has 0 aromatic heterocycles. The minimum absolute atomic E-state index is 0.0537. The largest absolute Gasteiger partial charge is 0.446 e. The Balaban J connectivity index is 1.29. The van der Waals surface area contributed by atoms with E-state index in [4.69, 9.17) is 15.2 Å². The van der Waals surface area contributed by atoms with Crippen LogP contribution in [0, 0.1) is 11.8 Å². The van der Waals surface area contributed by atoms with Crippen LogP contribution in [0.2, 0.25) is 0 Å². The Labute approximate surface area is 227 Å². The maximum atomic E-state index is 13.2. The normalized spacial score (nSPS) is 29.1. The Morgan fingerprint density at radius 3 is 2.85 bits per heavy atom. The molecule has 3 amide bonds. The van der Waals surface area contributed by atoms with Gasteiger partial charge in [-0.3, -0.25) is 14.5 Å². The fourth-order valence-corrected chi connectivity index (χ4v) is 6.50. The van der Waals surface area contributed by atoms with Gasteiger partial charge in [-0.15, -0.1) is 0 Å².